The van der Waals surface area contributed by atoms with Crippen LogP contribution in [0, 0.1) is 19.8 Å². The van der Waals surface area contributed by atoms with Crippen molar-refractivity contribution in [2.45, 2.75) is 46.2 Å². The molecule has 2 atom stereocenters. The SMILES string of the molecule is Cc1ccccc1-c1noc(CN2CCCC(C(=O)NC(C)c3ccccc3C)C2)n1. The molecule has 0 radical (unpaired) electrons. The van der Waals surface area contributed by atoms with E-state index in [-0.39, 0.29) is 17.9 Å². The van der Waals surface area contributed by atoms with Crippen LogP contribution in [0.15, 0.2) is 53.1 Å². The lowest BCUT2D eigenvalue weighted by Gasteiger charge is -2.31. The summed E-state index contributed by atoms with van der Waals surface area (Å²) in [5, 5.41) is 7.36. The average molecular weight is 419 g/mol. The Bertz CT molecular complexity index is 1050. The van der Waals surface area contributed by atoms with Gasteiger partial charge in [-0.15, -0.1) is 0 Å². The van der Waals surface area contributed by atoms with Crippen LogP contribution < -0.4 is 5.32 Å². The Morgan fingerprint density at radius 2 is 1.90 bits per heavy atom. The minimum absolute atomic E-state index is 0.00307. The second kappa shape index (κ2) is 9.43. The van der Waals surface area contributed by atoms with E-state index in [0.717, 1.165) is 36.1 Å². The third-order valence-electron chi connectivity index (χ3n) is 6.10. The number of carbonyl (C=O) groups excluding carboxylic acids is 1. The van der Waals surface area contributed by atoms with Crippen LogP contribution in [0.2, 0.25) is 0 Å². The Labute approximate surface area is 183 Å². The van der Waals surface area contributed by atoms with E-state index in [9.17, 15) is 4.79 Å². The van der Waals surface area contributed by atoms with Crippen molar-refractivity contribution in [3.05, 3.63) is 71.1 Å². The van der Waals surface area contributed by atoms with Crippen LogP contribution in [0.3, 0.4) is 0 Å². The van der Waals surface area contributed by atoms with Crippen molar-refractivity contribution in [1.29, 1.82) is 0 Å². The van der Waals surface area contributed by atoms with E-state index in [1.165, 1.54) is 5.56 Å². The second-order valence-corrected chi connectivity index (χ2v) is 8.49. The number of hydrogen-bond donors (Lipinski definition) is 1. The highest BCUT2D eigenvalue weighted by Gasteiger charge is 2.28. The number of likely N-dealkylation sites (tertiary alicyclic amines) is 1. The number of carbonyl (C=O) groups is 1. The Kier molecular flexibility index (Phi) is 6.47. The molecule has 0 spiro atoms. The van der Waals surface area contributed by atoms with Crippen LogP contribution in [0.1, 0.15) is 48.4 Å². The molecule has 2 aromatic carbocycles. The number of nitrogens with one attached hydrogen (secondary N) is 1. The number of rotatable bonds is 6. The summed E-state index contributed by atoms with van der Waals surface area (Å²) in [5.41, 5.74) is 4.46. The first-order valence-electron chi connectivity index (χ1n) is 11.0. The topological polar surface area (TPSA) is 71.3 Å². The van der Waals surface area contributed by atoms with Crippen molar-refractivity contribution in [2.75, 3.05) is 13.1 Å². The van der Waals surface area contributed by atoms with Crippen LogP contribution in [0.4, 0.5) is 0 Å². The van der Waals surface area contributed by atoms with Crippen molar-refractivity contribution in [3.63, 3.8) is 0 Å². The third kappa shape index (κ3) is 5.02. The first-order chi connectivity index (χ1) is 15.0. The van der Waals surface area contributed by atoms with Crippen molar-refractivity contribution in [3.8, 4) is 11.4 Å². The molecular weight excluding hydrogens is 388 g/mol. The summed E-state index contributed by atoms with van der Waals surface area (Å²) in [6.07, 6.45) is 1.89. The van der Waals surface area contributed by atoms with Gasteiger partial charge in [-0.3, -0.25) is 9.69 Å². The summed E-state index contributed by atoms with van der Waals surface area (Å²) < 4.78 is 5.50. The summed E-state index contributed by atoms with van der Waals surface area (Å²) in [7, 11) is 0. The van der Waals surface area contributed by atoms with Gasteiger partial charge in [0.05, 0.1) is 18.5 Å². The van der Waals surface area contributed by atoms with Gasteiger partial charge in [-0.1, -0.05) is 53.7 Å². The molecule has 4 rings (SSSR count). The van der Waals surface area contributed by atoms with Crippen molar-refractivity contribution in [2.24, 2.45) is 5.92 Å². The van der Waals surface area contributed by atoms with E-state index in [2.05, 4.69) is 39.4 Å². The summed E-state index contributed by atoms with van der Waals surface area (Å²) in [4.78, 5) is 19.7. The monoisotopic (exact) mass is 418 g/mol. The average Bonchev–Trinajstić information content (AvgIpc) is 3.22. The molecule has 0 bridgehead atoms. The zero-order chi connectivity index (χ0) is 21.8. The molecule has 1 aliphatic heterocycles. The number of aryl methyl sites for hydroxylation is 2. The van der Waals surface area contributed by atoms with E-state index in [0.29, 0.717) is 24.8 Å². The lowest BCUT2D eigenvalue weighted by atomic mass is 9.95. The van der Waals surface area contributed by atoms with Crippen LogP contribution in [0.5, 0.6) is 0 Å². The molecule has 1 saturated heterocycles. The smallest absolute Gasteiger partial charge is 0.241 e. The molecule has 1 fully saturated rings. The minimum Gasteiger partial charge on any atom is -0.349 e. The molecule has 1 amide bonds. The number of amides is 1. The maximum absolute atomic E-state index is 12.9. The lowest BCUT2D eigenvalue weighted by molar-refractivity contribution is -0.127. The fraction of sp³-hybridized carbons (Fsp3) is 0.400. The van der Waals surface area contributed by atoms with Crippen LogP contribution in [-0.2, 0) is 11.3 Å². The highest BCUT2D eigenvalue weighted by atomic mass is 16.5. The molecule has 3 aromatic rings. The molecule has 0 aliphatic carbocycles. The molecule has 1 aliphatic rings. The lowest BCUT2D eigenvalue weighted by Crippen LogP contribution is -2.43. The standard InChI is InChI=1S/C25H30N4O2/c1-17-9-4-6-12-21(17)19(3)26-25(30)20-11-8-14-29(15-20)16-23-27-24(28-31-23)22-13-7-5-10-18(22)2/h4-7,9-10,12-13,19-20H,8,11,14-16H2,1-3H3,(H,26,30). The van der Waals surface area contributed by atoms with E-state index in [4.69, 9.17) is 4.52 Å². The number of piperidine rings is 1. The zero-order valence-corrected chi connectivity index (χ0v) is 18.5. The first kappa shape index (κ1) is 21.2. The van der Waals surface area contributed by atoms with Gasteiger partial charge in [-0.2, -0.15) is 4.98 Å². The van der Waals surface area contributed by atoms with Crippen molar-refractivity contribution < 1.29 is 9.32 Å². The van der Waals surface area contributed by atoms with Gasteiger partial charge >= 0.3 is 0 Å². The fourth-order valence-electron chi connectivity index (χ4n) is 4.34. The quantitative estimate of drug-likeness (QED) is 0.641. The van der Waals surface area contributed by atoms with Gasteiger partial charge in [0.2, 0.25) is 17.6 Å². The molecule has 1 N–H and O–H groups in total. The highest BCUT2D eigenvalue weighted by molar-refractivity contribution is 5.79. The molecular formula is C25H30N4O2. The van der Waals surface area contributed by atoms with E-state index in [1.54, 1.807) is 0 Å². The van der Waals surface area contributed by atoms with Gasteiger partial charge in [0, 0.05) is 12.1 Å². The summed E-state index contributed by atoms with van der Waals surface area (Å²) >= 11 is 0. The highest BCUT2D eigenvalue weighted by Crippen LogP contribution is 2.23. The number of hydrogen-bond acceptors (Lipinski definition) is 5. The zero-order valence-electron chi connectivity index (χ0n) is 18.5. The van der Waals surface area contributed by atoms with Gasteiger partial charge in [-0.25, -0.2) is 0 Å². The maximum Gasteiger partial charge on any atom is 0.241 e. The Balaban J connectivity index is 1.36. The largest absolute Gasteiger partial charge is 0.349 e. The molecule has 2 heterocycles. The van der Waals surface area contributed by atoms with Crippen LogP contribution in [0.25, 0.3) is 11.4 Å². The van der Waals surface area contributed by atoms with Crippen molar-refractivity contribution >= 4 is 5.91 Å². The summed E-state index contributed by atoms with van der Waals surface area (Å²) in [5.74, 6) is 1.30. The molecule has 162 valence electrons. The van der Waals surface area contributed by atoms with Crippen LogP contribution >= 0.6 is 0 Å². The number of nitrogens with zero attached hydrogens (tertiary/aromatic N) is 3. The third-order valence-corrected chi connectivity index (χ3v) is 6.10. The first-order valence-corrected chi connectivity index (χ1v) is 11.0. The summed E-state index contributed by atoms with van der Waals surface area (Å²) in [6.45, 7) is 8.36. The van der Waals surface area contributed by atoms with Gasteiger partial charge in [0.15, 0.2) is 0 Å². The molecule has 2 unspecified atom stereocenters. The molecule has 0 saturated carbocycles. The van der Waals surface area contributed by atoms with Crippen LogP contribution in [-0.4, -0.2) is 34.0 Å². The predicted molar refractivity (Wildman–Crippen MR) is 120 cm³/mol. The number of aromatic nitrogens is 2. The maximum atomic E-state index is 12.9. The Morgan fingerprint density at radius 1 is 1.16 bits per heavy atom. The molecule has 1 aromatic heterocycles. The minimum atomic E-state index is -0.0287. The van der Waals surface area contributed by atoms with Gasteiger partial charge < -0.3 is 9.84 Å². The molecule has 6 nitrogen and oxygen atoms in total. The van der Waals surface area contributed by atoms with E-state index < -0.39 is 0 Å². The van der Waals surface area contributed by atoms with E-state index in [1.807, 2.05) is 50.2 Å². The normalized spacial score (nSPS) is 18.0. The second-order valence-electron chi connectivity index (χ2n) is 8.49. The predicted octanol–water partition coefficient (Wildman–Crippen LogP) is 4.44. The number of benzene rings is 2. The van der Waals surface area contributed by atoms with Gasteiger partial charge in [-0.05, 0) is 56.8 Å². The van der Waals surface area contributed by atoms with E-state index >= 15 is 0 Å². The van der Waals surface area contributed by atoms with Gasteiger partial charge in [0.1, 0.15) is 0 Å². The summed E-state index contributed by atoms with van der Waals surface area (Å²) in [6, 6.07) is 16.2. The Morgan fingerprint density at radius 3 is 2.68 bits per heavy atom. The molecule has 6 heteroatoms. The fourth-order valence-corrected chi connectivity index (χ4v) is 4.34. The molecule has 31 heavy (non-hydrogen) atoms. The Hall–Kier alpha value is -2.99. The van der Waals surface area contributed by atoms with Crippen molar-refractivity contribution in [1.82, 2.24) is 20.4 Å². The van der Waals surface area contributed by atoms with Gasteiger partial charge in [0.25, 0.3) is 0 Å².